The molecule has 0 N–H and O–H groups in total. The lowest BCUT2D eigenvalue weighted by Gasteiger charge is -2.17. The van der Waals surface area contributed by atoms with E-state index in [9.17, 15) is 4.79 Å². The summed E-state index contributed by atoms with van der Waals surface area (Å²) in [6.45, 7) is 0.660. The van der Waals surface area contributed by atoms with Crippen molar-refractivity contribution in [2.24, 2.45) is 5.92 Å². The number of nitrogens with zero attached hydrogens (tertiary/aromatic N) is 1. The van der Waals surface area contributed by atoms with Crippen LogP contribution in [-0.2, 0) is 4.79 Å². The molecule has 1 amide bonds. The molecule has 0 bridgehead atoms. The minimum absolute atomic E-state index is 0.0972. The van der Waals surface area contributed by atoms with Crippen LogP contribution in [0.15, 0.2) is 18.2 Å². The topological polar surface area (TPSA) is 29.5 Å². The van der Waals surface area contributed by atoms with Crippen LogP contribution in [0.1, 0.15) is 6.42 Å². The molecule has 0 aromatic heterocycles. The van der Waals surface area contributed by atoms with Crippen molar-refractivity contribution in [2.75, 3.05) is 24.4 Å². The van der Waals surface area contributed by atoms with E-state index in [1.807, 2.05) is 6.07 Å². The van der Waals surface area contributed by atoms with Crippen LogP contribution in [-0.4, -0.2) is 25.4 Å². The van der Waals surface area contributed by atoms with Crippen molar-refractivity contribution in [3.8, 4) is 5.75 Å². The number of halogens is 2. The van der Waals surface area contributed by atoms with Crippen LogP contribution in [0.2, 0.25) is 5.02 Å². The zero-order chi connectivity index (χ0) is 12.4. The zero-order valence-electron chi connectivity index (χ0n) is 9.45. The number of ether oxygens (including phenoxy) is 1. The van der Waals surface area contributed by atoms with Crippen LogP contribution in [0.4, 0.5) is 5.69 Å². The Morgan fingerprint density at radius 1 is 1.53 bits per heavy atom. The van der Waals surface area contributed by atoms with Crippen molar-refractivity contribution in [1.82, 2.24) is 0 Å². The Labute approximate surface area is 110 Å². The molecule has 1 aromatic rings. The zero-order valence-corrected chi connectivity index (χ0v) is 11.0. The highest BCUT2D eigenvalue weighted by atomic mass is 35.5. The van der Waals surface area contributed by atoms with Crippen molar-refractivity contribution in [1.29, 1.82) is 0 Å². The Balaban J connectivity index is 2.26. The SMILES string of the molecule is COc1cc(N2CC(CCl)CC2=O)ccc1Cl. The van der Waals surface area contributed by atoms with E-state index < -0.39 is 0 Å². The molecule has 1 saturated heterocycles. The largest absolute Gasteiger partial charge is 0.495 e. The smallest absolute Gasteiger partial charge is 0.227 e. The minimum atomic E-state index is 0.0972. The van der Waals surface area contributed by atoms with Gasteiger partial charge >= 0.3 is 0 Å². The third-order valence-corrected chi connectivity index (χ3v) is 3.62. The molecule has 5 heteroatoms. The molecule has 1 heterocycles. The van der Waals surface area contributed by atoms with Crippen molar-refractivity contribution in [3.63, 3.8) is 0 Å². The van der Waals surface area contributed by atoms with Gasteiger partial charge in [-0.3, -0.25) is 4.79 Å². The molecule has 17 heavy (non-hydrogen) atoms. The van der Waals surface area contributed by atoms with E-state index in [0.717, 1.165) is 5.69 Å². The summed E-state index contributed by atoms with van der Waals surface area (Å²) in [5.74, 6) is 1.41. The molecule has 1 fully saturated rings. The van der Waals surface area contributed by atoms with Crippen LogP contribution >= 0.6 is 23.2 Å². The Hall–Kier alpha value is -0.930. The first-order valence-corrected chi connectivity index (χ1v) is 6.27. The molecule has 92 valence electrons. The molecule has 0 saturated carbocycles. The van der Waals surface area contributed by atoms with Gasteiger partial charge in [-0.15, -0.1) is 11.6 Å². The first kappa shape index (κ1) is 12.5. The molecule has 2 rings (SSSR count). The molecule has 0 spiro atoms. The minimum Gasteiger partial charge on any atom is -0.495 e. The van der Waals surface area contributed by atoms with Crippen LogP contribution in [0.25, 0.3) is 0 Å². The van der Waals surface area contributed by atoms with Gasteiger partial charge in [0, 0.05) is 30.6 Å². The highest BCUT2D eigenvalue weighted by Gasteiger charge is 2.30. The first-order valence-electron chi connectivity index (χ1n) is 5.35. The lowest BCUT2D eigenvalue weighted by atomic mass is 10.1. The van der Waals surface area contributed by atoms with Gasteiger partial charge in [-0.05, 0) is 18.1 Å². The highest BCUT2D eigenvalue weighted by molar-refractivity contribution is 6.32. The Kier molecular flexibility index (Phi) is 3.79. The summed E-state index contributed by atoms with van der Waals surface area (Å²) in [5.41, 5.74) is 0.809. The number of hydrogen-bond acceptors (Lipinski definition) is 2. The lowest BCUT2D eigenvalue weighted by Crippen LogP contribution is -2.24. The monoisotopic (exact) mass is 273 g/mol. The second-order valence-electron chi connectivity index (χ2n) is 4.05. The fraction of sp³-hybridized carbons (Fsp3) is 0.417. The fourth-order valence-corrected chi connectivity index (χ4v) is 2.35. The standard InChI is InChI=1S/C12H13Cl2NO2/c1-17-11-5-9(2-3-10(11)14)15-7-8(6-13)4-12(15)16/h2-3,5,8H,4,6-7H2,1H3. The Morgan fingerprint density at radius 3 is 2.88 bits per heavy atom. The van der Waals surface area contributed by atoms with Gasteiger partial charge in [-0.1, -0.05) is 11.6 Å². The van der Waals surface area contributed by atoms with Crippen molar-refractivity contribution in [3.05, 3.63) is 23.2 Å². The molecule has 1 atom stereocenters. The summed E-state index contributed by atoms with van der Waals surface area (Å²) in [6, 6.07) is 5.33. The van der Waals surface area contributed by atoms with Crippen LogP contribution in [0.3, 0.4) is 0 Å². The second-order valence-corrected chi connectivity index (χ2v) is 4.76. The van der Waals surface area contributed by atoms with Gasteiger partial charge in [0.25, 0.3) is 0 Å². The highest BCUT2D eigenvalue weighted by Crippen LogP contribution is 2.32. The van der Waals surface area contributed by atoms with Crippen LogP contribution in [0, 0.1) is 5.92 Å². The molecule has 1 aromatic carbocycles. The molecule has 1 unspecified atom stereocenters. The average Bonchev–Trinajstić information content (AvgIpc) is 2.71. The number of hydrogen-bond donors (Lipinski definition) is 0. The summed E-state index contributed by atoms with van der Waals surface area (Å²) < 4.78 is 5.14. The summed E-state index contributed by atoms with van der Waals surface area (Å²) in [7, 11) is 1.55. The molecule has 3 nitrogen and oxygen atoms in total. The van der Waals surface area contributed by atoms with Gasteiger partial charge < -0.3 is 9.64 Å². The Bertz CT molecular complexity index is 437. The summed E-state index contributed by atoms with van der Waals surface area (Å²) in [4.78, 5) is 13.6. The maximum Gasteiger partial charge on any atom is 0.227 e. The Morgan fingerprint density at radius 2 is 2.29 bits per heavy atom. The van der Waals surface area contributed by atoms with E-state index >= 15 is 0 Å². The number of carbonyl (C=O) groups is 1. The van der Waals surface area contributed by atoms with Gasteiger partial charge in [0.05, 0.1) is 12.1 Å². The van der Waals surface area contributed by atoms with Gasteiger partial charge in [0.1, 0.15) is 5.75 Å². The van der Waals surface area contributed by atoms with E-state index in [1.165, 1.54) is 0 Å². The predicted octanol–water partition coefficient (Wildman–Crippen LogP) is 2.94. The summed E-state index contributed by atoms with van der Waals surface area (Å²) in [6.07, 6.45) is 0.508. The van der Waals surface area contributed by atoms with Gasteiger partial charge in [0.2, 0.25) is 5.91 Å². The fourth-order valence-electron chi connectivity index (χ4n) is 1.95. The molecular formula is C12H13Cl2NO2. The van der Waals surface area contributed by atoms with E-state index in [-0.39, 0.29) is 11.8 Å². The molecule has 0 aliphatic carbocycles. The average molecular weight is 274 g/mol. The summed E-state index contributed by atoms with van der Waals surface area (Å²) >= 11 is 11.7. The van der Waals surface area contributed by atoms with Crippen molar-refractivity contribution < 1.29 is 9.53 Å². The third-order valence-electron chi connectivity index (χ3n) is 2.87. The first-order chi connectivity index (χ1) is 8.15. The van der Waals surface area contributed by atoms with Gasteiger partial charge in [0.15, 0.2) is 0 Å². The van der Waals surface area contributed by atoms with Crippen LogP contribution in [0.5, 0.6) is 5.75 Å². The lowest BCUT2D eigenvalue weighted by molar-refractivity contribution is -0.117. The maximum absolute atomic E-state index is 11.8. The van der Waals surface area contributed by atoms with E-state index in [0.29, 0.717) is 29.6 Å². The van der Waals surface area contributed by atoms with E-state index in [2.05, 4.69) is 0 Å². The molecule has 0 radical (unpaired) electrons. The number of rotatable bonds is 3. The van der Waals surface area contributed by atoms with Gasteiger partial charge in [-0.25, -0.2) is 0 Å². The quantitative estimate of drug-likeness (QED) is 0.793. The second kappa shape index (κ2) is 5.15. The normalized spacial score (nSPS) is 19.8. The number of anilines is 1. The third kappa shape index (κ3) is 2.50. The number of alkyl halides is 1. The number of carbonyl (C=O) groups excluding carboxylic acids is 1. The van der Waals surface area contributed by atoms with Crippen molar-refractivity contribution in [2.45, 2.75) is 6.42 Å². The number of amides is 1. The van der Waals surface area contributed by atoms with Gasteiger partial charge in [-0.2, -0.15) is 0 Å². The van der Waals surface area contributed by atoms with Crippen LogP contribution < -0.4 is 9.64 Å². The van der Waals surface area contributed by atoms with E-state index in [1.54, 1.807) is 24.1 Å². The molecular weight excluding hydrogens is 261 g/mol. The maximum atomic E-state index is 11.8. The summed E-state index contributed by atoms with van der Waals surface area (Å²) in [5, 5.41) is 0.539. The van der Waals surface area contributed by atoms with E-state index in [4.69, 9.17) is 27.9 Å². The number of methoxy groups -OCH3 is 1. The predicted molar refractivity (Wildman–Crippen MR) is 69.2 cm³/mol. The van der Waals surface area contributed by atoms with Crippen molar-refractivity contribution >= 4 is 34.8 Å². The molecule has 1 aliphatic rings. The number of benzene rings is 1. The molecule has 1 aliphatic heterocycles.